The maximum atomic E-state index is 12.4. The first-order valence-corrected chi connectivity index (χ1v) is 7.62. The number of aliphatic hydroxyl groups excluding tert-OH is 1. The monoisotopic (exact) mass is 289 g/mol. The number of nitrogens with zero attached hydrogens (tertiary/aromatic N) is 3. The number of hydrogen-bond donors (Lipinski definition) is 3. The van der Waals surface area contributed by atoms with E-state index < -0.39 is 10.0 Å². The predicted molar refractivity (Wildman–Crippen MR) is 69.9 cm³/mol. The van der Waals surface area contributed by atoms with Crippen molar-refractivity contribution in [3.63, 3.8) is 0 Å². The molecule has 9 heteroatoms. The molecule has 4 N–H and O–H groups in total. The van der Waals surface area contributed by atoms with Crippen molar-refractivity contribution in [2.24, 2.45) is 0 Å². The minimum atomic E-state index is -3.59. The van der Waals surface area contributed by atoms with Gasteiger partial charge in [-0.05, 0) is 13.0 Å². The Balaban J connectivity index is 2.12. The molecule has 1 aliphatic rings. The Morgan fingerprint density at radius 3 is 2.79 bits per heavy atom. The van der Waals surface area contributed by atoms with E-state index >= 15 is 0 Å². The summed E-state index contributed by atoms with van der Waals surface area (Å²) in [6, 6.07) is 0. The molecule has 108 valence electrons. The van der Waals surface area contributed by atoms with Crippen LogP contribution < -0.4 is 5.73 Å². The number of aromatic nitrogens is 2. The van der Waals surface area contributed by atoms with Crippen LogP contribution in [-0.2, 0) is 10.0 Å². The van der Waals surface area contributed by atoms with E-state index in [0.29, 0.717) is 26.2 Å². The summed E-state index contributed by atoms with van der Waals surface area (Å²) < 4.78 is 26.2. The van der Waals surface area contributed by atoms with Crippen LogP contribution in [0.5, 0.6) is 0 Å². The number of rotatable bonds is 4. The standard InChI is InChI=1S/C10H19N5O3S/c11-10-9(8-12-13-10)19(17,18)15-3-1-2-14(4-5-15)6-7-16/h8,16H,1-7H2,(H3,11,12,13). The molecular weight excluding hydrogens is 270 g/mol. The van der Waals surface area contributed by atoms with E-state index in [1.807, 2.05) is 4.90 Å². The molecule has 0 saturated carbocycles. The van der Waals surface area contributed by atoms with Crippen molar-refractivity contribution in [2.45, 2.75) is 11.3 Å². The number of nitrogens with one attached hydrogen (secondary N) is 1. The van der Waals surface area contributed by atoms with E-state index in [4.69, 9.17) is 10.8 Å². The van der Waals surface area contributed by atoms with Crippen molar-refractivity contribution in [2.75, 3.05) is 45.1 Å². The number of nitrogens with two attached hydrogens (primary N) is 1. The number of aliphatic hydroxyl groups is 1. The number of nitrogen functional groups attached to an aromatic ring is 1. The molecule has 8 nitrogen and oxygen atoms in total. The first kappa shape index (κ1) is 14.3. The van der Waals surface area contributed by atoms with Gasteiger partial charge in [-0.3, -0.25) is 10.00 Å². The van der Waals surface area contributed by atoms with Crippen molar-refractivity contribution in [3.05, 3.63) is 6.20 Å². The molecule has 0 atom stereocenters. The predicted octanol–water partition coefficient (Wildman–Crippen LogP) is -1.32. The Morgan fingerprint density at radius 2 is 2.16 bits per heavy atom. The highest BCUT2D eigenvalue weighted by atomic mass is 32.2. The summed E-state index contributed by atoms with van der Waals surface area (Å²) in [7, 11) is -3.59. The van der Waals surface area contributed by atoms with Crippen LogP contribution in [-0.4, -0.2) is 72.3 Å². The molecule has 0 amide bonds. The Bertz CT molecular complexity index is 515. The zero-order valence-electron chi connectivity index (χ0n) is 10.6. The fourth-order valence-corrected chi connectivity index (χ4v) is 3.66. The van der Waals surface area contributed by atoms with E-state index in [1.54, 1.807) is 0 Å². The fraction of sp³-hybridized carbons (Fsp3) is 0.700. The third-order valence-electron chi connectivity index (χ3n) is 3.21. The smallest absolute Gasteiger partial charge is 0.248 e. The molecule has 1 aliphatic heterocycles. The molecule has 0 aromatic carbocycles. The van der Waals surface area contributed by atoms with Crippen molar-refractivity contribution >= 4 is 15.8 Å². The second-order valence-corrected chi connectivity index (χ2v) is 6.38. The zero-order chi connectivity index (χ0) is 13.9. The van der Waals surface area contributed by atoms with Crippen LogP contribution in [0.4, 0.5) is 5.82 Å². The van der Waals surface area contributed by atoms with Gasteiger partial charge in [-0.1, -0.05) is 0 Å². The van der Waals surface area contributed by atoms with Crippen LogP contribution >= 0.6 is 0 Å². The summed E-state index contributed by atoms with van der Waals surface area (Å²) >= 11 is 0. The summed E-state index contributed by atoms with van der Waals surface area (Å²) in [5.74, 6) is 0.0662. The lowest BCUT2D eigenvalue weighted by molar-refractivity contribution is 0.202. The van der Waals surface area contributed by atoms with Gasteiger partial charge < -0.3 is 10.8 Å². The Morgan fingerprint density at radius 1 is 1.37 bits per heavy atom. The van der Waals surface area contributed by atoms with Crippen LogP contribution in [0.25, 0.3) is 0 Å². The average molecular weight is 289 g/mol. The lowest BCUT2D eigenvalue weighted by Crippen LogP contribution is -2.36. The highest BCUT2D eigenvalue weighted by molar-refractivity contribution is 7.89. The molecule has 0 aliphatic carbocycles. The largest absolute Gasteiger partial charge is 0.395 e. The van der Waals surface area contributed by atoms with Crippen molar-refractivity contribution in [3.8, 4) is 0 Å². The summed E-state index contributed by atoms with van der Waals surface area (Å²) in [5, 5.41) is 15.0. The van der Waals surface area contributed by atoms with Crippen LogP contribution in [0.2, 0.25) is 0 Å². The van der Waals surface area contributed by atoms with E-state index in [2.05, 4.69) is 10.2 Å². The quantitative estimate of drug-likeness (QED) is 0.633. The summed E-state index contributed by atoms with van der Waals surface area (Å²) in [4.78, 5) is 2.08. The van der Waals surface area contributed by atoms with Crippen LogP contribution in [0.3, 0.4) is 0 Å². The number of β-amino-alcohol motifs (C(OH)–C–C–N with tert-alkyl or cyclic N) is 1. The lowest BCUT2D eigenvalue weighted by Gasteiger charge is -2.20. The van der Waals surface area contributed by atoms with Gasteiger partial charge in [0.15, 0.2) is 0 Å². The van der Waals surface area contributed by atoms with Crippen LogP contribution in [0, 0.1) is 0 Å². The summed E-state index contributed by atoms with van der Waals surface area (Å²) in [6.07, 6.45) is 1.97. The molecule has 1 saturated heterocycles. The zero-order valence-corrected chi connectivity index (χ0v) is 11.4. The van der Waals surface area contributed by atoms with Crippen molar-refractivity contribution in [1.82, 2.24) is 19.4 Å². The minimum Gasteiger partial charge on any atom is -0.395 e. The van der Waals surface area contributed by atoms with Gasteiger partial charge in [-0.15, -0.1) is 0 Å². The molecule has 2 heterocycles. The Kier molecular flexibility index (Phi) is 4.40. The molecular formula is C10H19N5O3S. The number of aromatic amines is 1. The van der Waals surface area contributed by atoms with Gasteiger partial charge >= 0.3 is 0 Å². The third-order valence-corrected chi connectivity index (χ3v) is 5.14. The lowest BCUT2D eigenvalue weighted by atomic mass is 10.4. The number of anilines is 1. The van der Waals surface area contributed by atoms with Gasteiger partial charge in [0.25, 0.3) is 0 Å². The Hall–Kier alpha value is -1.16. The highest BCUT2D eigenvalue weighted by Crippen LogP contribution is 2.20. The molecule has 0 unspecified atom stereocenters. The van der Waals surface area contributed by atoms with E-state index in [0.717, 1.165) is 13.0 Å². The molecule has 2 rings (SSSR count). The SMILES string of the molecule is Nc1[nH]ncc1S(=O)(=O)N1CCCN(CCO)CC1. The number of hydrogen-bond acceptors (Lipinski definition) is 6. The van der Waals surface area contributed by atoms with Gasteiger partial charge in [0.2, 0.25) is 10.0 Å². The van der Waals surface area contributed by atoms with Crippen molar-refractivity contribution < 1.29 is 13.5 Å². The topological polar surface area (TPSA) is 116 Å². The second kappa shape index (κ2) is 5.87. The first-order chi connectivity index (χ1) is 9.05. The highest BCUT2D eigenvalue weighted by Gasteiger charge is 2.29. The molecule has 0 radical (unpaired) electrons. The normalized spacial score (nSPS) is 19.4. The maximum absolute atomic E-state index is 12.4. The molecule has 1 fully saturated rings. The molecule has 19 heavy (non-hydrogen) atoms. The molecule has 0 spiro atoms. The second-order valence-electron chi connectivity index (χ2n) is 4.47. The van der Waals surface area contributed by atoms with E-state index in [-0.39, 0.29) is 17.3 Å². The van der Waals surface area contributed by atoms with Crippen molar-refractivity contribution in [1.29, 1.82) is 0 Å². The van der Waals surface area contributed by atoms with Gasteiger partial charge in [-0.2, -0.15) is 9.40 Å². The molecule has 0 bridgehead atoms. The number of sulfonamides is 1. The van der Waals surface area contributed by atoms with Gasteiger partial charge in [-0.25, -0.2) is 8.42 Å². The van der Waals surface area contributed by atoms with Crippen LogP contribution in [0.1, 0.15) is 6.42 Å². The summed E-state index contributed by atoms with van der Waals surface area (Å²) in [6.45, 7) is 2.90. The van der Waals surface area contributed by atoms with Gasteiger partial charge in [0, 0.05) is 26.2 Å². The number of H-pyrrole nitrogens is 1. The summed E-state index contributed by atoms with van der Waals surface area (Å²) in [5.41, 5.74) is 5.58. The molecule has 1 aromatic heterocycles. The maximum Gasteiger partial charge on any atom is 0.248 e. The van der Waals surface area contributed by atoms with E-state index in [1.165, 1.54) is 10.5 Å². The fourth-order valence-electron chi connectivity index (χ4n) is 2.18. The minimum absolute atomic E-state index is 0.0307. The van der Waals surface area contributed by atoms with E-state index in [9.17, 15) is 8.42 Å². The average Bonchev–Trinajstić information content (AvgIpc) is 2.66. The first-order valence-electron chi connectivity index (χ1n) is 6.18. The Labute approximate surface area is 112 Å². The third kappa shape index (κ3) is 3.06. The van der Waals surface area contributed by atoms with Crippen LogP contribution in [0.15, 0.2) is 11.1 Å². The van der Waals surface area contributed by atoms with Gasteiger partial charge in [0.1, 0.15) is 10.7 Å². The molecule has 1 aromatic rings. The van der Waals surface area contributed by atoms with Gasteiger partial charge in [0.05, 0.1) is 12.8 Å².